The van der Waals surface area contributed by atoms with E-state index in [1.165, 1.54) is 19.9 Å². The molecule has 0 aliphatic rings. The highest BCUT2D eigenvalue weighted by Gasteiger charge is 2.35. The normalized spacial score (nSPS) is 16.4. The molecule has 3 unspecified atom stereocenters. The van der Waals surface area contributed by atoms with Crippen LogP contribution in [0.2, 0.25) is 0 Å². The topological polar surface area (TPSA) is 156 Å². The van der Waals surface area contributed by atoms with Crippen LogP contribution >= 0.6 is 0 Å². The van der Waals surface area contributed by atoms with E-state index in [4.69, 9.17) is 5.11 Å². The van der Waals surface area contributed by atoms with Gasteiger partial charge in [0.15, 0.2) is 0 Å². The molecule has 0 saturated carbocycles. The molecule has 0 bridgehead atoms. The van der Waals surface area contributed by atoms with Crippen molar-refractivity contribution in [3.8, 4) is 0 Å². The van der Waals surface area contributed by atoms with Crippen molar-refractivity contribution in [2.45, 2.75) is 94.0 Å². The van der Waals surface area contributed by atoms with E-state index in [2.05, 4.69) is 43.8 Å². The number of amides is 1. The summed E-state index contributed by atoms with van der Waals surface area (Å²) in [6.07, 6.45) is 11.2. The van der Waals surface area contributed by atoms with Crippen molar-refractivity contribution >= 4 is 17.8 Å². The summed E-state index contributed by atoms with van der Waals surface area (Å²) >= 11 is 0. The van der Waals surface area contributed by atoms with Gasteiger partial charge in [0.2, 0.25) is 5.91 Å². The Balaban J connectivity index is 0. The van der Waals surface area contributed by atoms with E-state index in [0.717, 1.165) is 12.8 Å². The van der Waals surface area contributed by atoms with E-state index < -0.39 is 29.1 Å². The molecule has 3 atom stereocenters. The average molecular weight is 539 g/mol. The van der Waals surface area contributed by atoms with Crippen molar-refractivity contribution in [3.63, 3.8) is 0 Å². The lowest BCUT2D eigenvalue weighted by molar-refractivity contribution is -0.148. The standard InChI is InChI=1S/C16H30O2.C13H20N2O5/c1-12(10-8-9-11-15(2,3)4)13(14(17)18)16(5,6)7;1-4-5-10(6-11(18)8-16)7-13(3,12(19)20)15-14-9(2)17/h8-9,12-13H,10-11H2,1-7H3,(H,17,18);4-6,8,15-16,18H,7H2,1-3H3,(H,14,17)(H,19,20)/b9-8+;5-4-,10-6+,11-8-. The van der Waals surface area contributed by atoms with Gasteiger partial charge in [-0.15, -0.1) is 0 Å². The molecule has 6 N–H and O–H groups in total. The number of nitrogens with one attached hydrogen (secondary N) is 2. The van der Waals surface area contributed by atoms with E-state index in [-0.39, 0.29) is 23.7 Å². The van der Waals surface area contributed by atoms with Gasteiger partial charge in [-0.2, -0.15) is 0 Å². The summed E-state index contributed by atoms with van der Waals surface area (Å²) in [5.74, 6) is -2.80. The van der Waals surface area contributed by atoms with E-state index in [9.17, 15) is 29.7 Å². The maximum atomic E-state index is 11.4. The Kier molecular flexibility index (Phi) is 16.3. The van der Waals surface area contributed by atoms with Crippen molar-refractivity contribution in [1.82, 2.24) is 10.9 Å². The van der Waals surface area contributed by atoms with Crippen LogP contribution in [0.15, 0.2) is 48.0 Å². The molecular formula is C29H50N2O7. The van der Waals surface area contributed by atoms with Gasteiger partial charge in [-0.1, -0.05) is 72.8 Å². The number of carboxylic acid groups (broad SMARTS) is 2. The first kappa shape index (κ1) is 37.1. The molecule has 0 aliphatic carbocycles. The number of carbonyl (C=O) groups is 3. The van der Waals surface area contributed by atoms with Crippen LogP contribution in [0.3, 0.4) is 0 Å². The lowest BCUT2D eigenvalue weighted by atomic mass is 9.72. The SMILES string of the molecule is CC(C/C=C/CC(C)(C)C)C(C(=O)O)C(C)(C)C.C\C=C/C(=C\C(O)=C\O)CC(C)(NNC(C)=O)C(=O)O. The van der Waals surface area contributed by atoms with Crippen molar-refractivity contribution in [2.75, 3.05) is 0 Å². The van der Waals surface area contributed by atoms with Crippen LogP contribution in [0.5, 0.6) is 0 Å². The Morgan fingerprint density at radius 3 is 1.87 bits per heavy atom. The molecule has 9 heteroatoms. The molecule has 0 saturated heterocycles. The number of hydrogen-bond donors (Lipinski definition) is 6. The molecule has 0 aromatic rings. The fourth-order valence-corrected chi connectivity index (χ4v) is 3.76. The lowest BCUT2D eigenvalue weighted by Gasteiger charge is -2.31. The van der Waals surface area contributed by atoms with Crippen LogP contribution in [-0.2, 0) is 14.4 Å². The van der Waals surface area contributed by atoms with Gasteiger partial charge in [0.05, 0.1) is 5.92 Å². The van der Waals surface area contributed by atoms with Gasteiger partial charge in [-0.3, -0.25) is 19.8 Å². The molecule has 1 amide bonds. The van der Waals surface area contributed by atoms with Crippen LogP contribution in [0.1, 0.15) is 88.5 Å². The van der Waals surface area contributed by atoms with Gasteiger partial charge in [0.1, 0.15) is 17.6 Å². The summed E-state index contributed by atoms with van der Waals surface area (Å²) in [6, 6.07) is 0. The van der Waals surface area contributed by atoms with Crippen molar-refractivity contribution in [2.24, 2.45) is 22.7 Å². The quantitative estimate of drug-likeness (QED) is 0.0756. The maximum Gasteiger partial charge on any atom is 0.325 e. The summed E-state index contributed by atoms with van der Waals surface area (Å²) in [4.78, 5) is 33.6. The minimum absolute atomic E-state index is 0.0230. The van der Waals surface area contributed by atoms with E-state index in [1.807, 2.05) is 27.7 Å². The van der Waals surface area contributed by atoms with E-state index in [0.29, 0.717) is 17.3 Å². The summed E-state index contributed by atoms with van der Waals surface area (Å²) in [7, 11) is 0. The summed E-state index contributed by atoms with van der Waals surface area (Å²) in [6.45, 7) is 19.0. The molecule has 0 aromatic heterocycles. The monoisotopic (exact) mass is 538 g/mol. The highest BCUT2D eigenvalue weighted by atomic mass is 16.4. The van der Waals surface area contributed by atoms with Crippen LogP contribution < -0.4 is 10.9 Å². The molecule has 0 heterocycles. The molecule has 0 spiro atoms. The van der Waals surface area contributed by atoms with Gasteiger partial charge >= 0.3 is 11.9 Å². The second-order valence-electron chi connectivity index (χ2n) is 12.0. The Morgan fingerprint density at radius 2 is 1.50 bits per heavy atom. The minimum Gasteiger partial charge on any atom is -0.512 e. The van der Waals surface area contributed by atoms with Gasteiger partial charge < -0.3 is 20.4 Å². The molecular weight excluding hydrogens is 488 g/mol. The van der Waals surface area contributed by atoms with Crippen molar-refractivity contribution in [1.29, 1.82) is 0 Å². The number of rotatable bonds is 12. The molecule has 0 aromatic carbocycles. The molecule has 0 rings (SSSR count). The van der Waals surface area contributed by atoms with Gasteiger partial charge in [-0.25, -0.2) is 5.43 Å². The first-order valence-electron chi connectivity index (χ1n) is 12.7. The number of aliphatic hydroxyl groups excluding tert-OH is 2. The second-order valence-corrected chi connectivity index (χ2v) is 12.0. The molecule has 0 aliphatic heterocycles. The number of carbonyl (C=O) groups excluding carboxylic acids is 1. The third kappa shape index (κ3) is 16.6. The maximum absolute atomic E-state index is 11.4. The molecule has 0 radical (unpaired) electrons. The second kappa shape index (κ2) is 16.7. The smallest absolute Gasteiger partial charge is 0.325 e. The highest BCUT2D eigenvalue weighted by molar-refractivity contribution is 5.80. The zero-order chi connectivity index (χ0) is 30.3. The number of aliphatic carboxylic acids is 2. The number of hydrazine groups is 1. The van der Waals surface area contributed by atoms with Crippen molar-refractivity contribution < 1.29 is 34.8 Å². The van der Waals surface area contributed by atoms with Crippen LogP contribution in [0.4, 0.5) is 0 Å². The van der Waals surface area contributed by atoms with Gasteiger partial charge in [-0.05, 0) is 55.1 Å². The predicted octanol–water partition coefficient (Wildman–Crippen LogP) is 6.07. The minimum atomic E-state index is -1.47. The Morgan fingerprint density at radius 1 is 0.947 bits per heavy atom. The Hall–Kier alpha value is -3.07. The van der Waals surface area contributed by atoms with Gasteiger partial charge in [0.25, 0.3) is 0 Å². The third-order valence-electron chi connectivity index (χ3n) is 5.56. The molecule has 38 heavy (non-hydrogen) atoms. The number of carboxylic acids is 2. The predicted molar refractivity (Wildman–Crippen MR) is 151 cm³/mol. The Labute approximate surface area is 228 Å². The zero-order valence-corrected chi connectivity index (χ0v) is 24.8. The number of hydrogen-bond acceptors (Lipinski definition) is 6. The average Bonchev–Trinajstić information content (AvgIpc) is 2.73. The third-order valence-corrected chi connectivity index (χ3v) is 5.56. The van der Waals surface area contributed by atoms with Crippen LogP contribution in [0, 0.1) is 22.7 Å². The first-order chi connectivity index (χ1) is 17.2. The fraction of sp³-hybridized carbons (Fsp3) is 0.621. The largest absolute Gasteiger partial charge is 0.512 e. The molecule has 9 nitrogen and oxygen atoms in total. The van der Waals surface area contributed by atoms with Crippen LogP contribution in [0.25, 0.3) is 0 Å². The first-order valence-corrected chi connectivity index (χ1v) is 12.7. The Bertz CT molecular complexity index is 890. The number of aliphatic hydroxyl groups is 2. The van der Waals surface area contributed by atoms with Crippen molar-refractivity contribution in [3.05, 3.63) is 48.0 Å². The lowest BCUT2D eigenvalue weighted by Crippen LogP contribution is -2.56. The van der Waals surface area contributed by atoms with Gasteiger partial charge in [0, 0.05) is 13.3 Å². The zero-order valence-electron chi connectivity index (χ0n) is 24.8. The summed E-state index contributed by atoms with van der Waals surface area (Å²) in [5.41, 5.74) is 3.77. The highest BCUT2D eigenvalue weighted by Crippen LogP contribution is 2.34. The van der Waals surface area contributed by atoms with E-state index >= 15 is 0 Å². The van der Waals surface area contributed by atoms with E-state index in [1.54, 1.807) is 19.1 Å². The fourth-order valence-electron chi connectivity index (χ4n) is 3.76. The number of allylic oxidation sites excluding steroid dienone is 5. The summed E-state index contributed by atoms with van der Waals surface area (Å²) < 4.78 is 0. The molecule has 218 valence electrons. The van der Waals surface area contributed by atoms with Crippen LogP contribution in [-0.4, -0.2) is 43.8 Å². The summed E-state index contributed by atoms with van der Waals surface area (Å²) in [5, 5.41) is 36.5. The molecule has 0 fully saturated rings.